The molecule has 0 bridgehead atoms. The number of aromatic nitrogens is 2. The summed E-state index contributed by atoms with van der Waals surface area (Å²) in [6.45, 7) is 6.27. The van der Waals surface area contributed by atoms with Crippen LogP contribution in [0.25, 0.3) is 0 Å². The smallest absolute Gasteiger partial charge is 0.219 e. The van der Waals surface area contributed by atoms with Gasteiger partial charge < -0.3 is 19.9 Å². The summed E-state index contributed by atoms with van der Waals surface area (Å²) in [5.41, 5.74) is 0. The largest absolute Gasteiger partial charge is 0.373 e. The number of morpholine rings is 1. The van der Waals surface area contributed by atoms with Gasteiger partial charge in [0.05, 0.1) is 12.7 Å². The number of nitrogens with zero attached hydrogens (tertiary/aromatic N) is 4. The number of amides is 1. The number of ether oxygens (including phenoxy) is 1. The number of carbonyl (C=O) groups excluding carboxylic acids is 1. The van der Waals surface area contributed by atoms with Crippen LogP contribution in [0.3, 0.4) is 0 Å². The summed E-state index contributed by atoms with van der Waals surface area (Å²) in [7, 11) is 0. The Kier molecular flexibility index (Phi) is 5.27. The Morgan fingerprint density at radius 1 is 1.30 bits per heavy atom. The molecule has 0 spiro atoms. The monoisotopic (exact) mass is 319 g/mol. The van der Waals surface area contributed by atoms with Crippen molar-refractivity contribution in [3.63, 3.8) is 0 Å². The summed E-state index contributed by atoms with van der Waals surface area (Å²) in [4.78, 5) is 24.3. The van der Waals surface area contributed by atoms with E-state index < -0.39 is 0 Å². The molecule has 0 radical (unpaired) electrons. The molecule has 1 amide bonds. The summed E-state index contributed by atoms with van der Waals surface area (Å²) < 4.78 is 5.72. The fraction of sp³-hybridized carbons (Fsp3) is 0.688. The normalized spacial score (nSPS) is 22.0. The van der Waals surface area contributed by atoms with Gasteiger partial charge in [-0.25, -0.2) is 9.97 Å². The number of nitrogens with one attached hydrogen (secondary N) is 1. The summed E-state index contributed by atoms with van der Waals surface area (Å²) in [6.07, 6.45) is 5.36. The molecule has 126 valence electrons. The molecular formula is C16H25N5O2. The zero-order chi connectivity index (χ0) is 16.1. The van der Waals surface area contributed by atoms with E-state index in [1.807, 2.05) is 11.0 Å². The SMILES string of the molecule is CC(=O)N1CCOC(CNc2cc(N3CCCCC3)ncn2)C1. The Morgan fingerprint density at radius 3 is 2.91 bits per heavy atom. The molecule has 2 aliphatic rings. The van der Waals surface area contributed by atoms with E-state index >= 15 is 0 Å². The molecule has 0 saturated carbocycles. The van der Waals surface area contributed by atoms with Crippen molar-refractivity contribution in [3.8, 4) is 0 Å². The predicted octanol–water partition coefficient (Wildman–Crippen LogP) is 1.13. The first-order valence-electron chi connectivity index (χ1n) is 8.40. The molecule has 2 saturated heterocycles. The summed E-state index contributed by atoms with van der Waals surface area (Å²) in [5.74, 6) is 1.90. The zero-order valence-corrected chi connectivity index (χ0v) is 13.7. The third kappa shape index (κ3) is 4.31. The van der Waals surface area contributed by atoms with Crippen molar-refractivity contribution >= 4 is 17.5 Å². The molecule has 1 atom stereocenters. The molecule has 23 heavy (non-hydrogen) atoms. The highest BCUT2D eigenvalue weighted by Gasteiger charge is 2.22. The number of carbonyl (C=O) groups is 1. The van der Waals surface area contributed by atoms with Crippen LogP contribution < -0.4 is 10.2 Å². The van der Waals surface area contributed by atoms with Crippen LogP contribution >= 0.6 is 0 Å². The van der Waals surface area contributed by atoms with Gasteiger partial charge in [0, 0.05) is 45.7 Å². The third-order valence-electron chi connectivity index (χ3n) is 4.43. The third-order valence-corrected chi connectivity index (χ3v) is 4.43. The molecule has 0 aliphatic carbocycles. The van der Waals surface area contributed by atoms with Gasteiger partial charge in [-0.3, -0.25) is 4.79 Å². The lowest BCUT2D eigenvalue weighted by atomic mass is 10.1. The Labute approximate surface area is 137 Å². The number of anilines is 2. The highest BCUT2D eigenvalue weighted by molar-refractivity contribution is 5.73. The molecule has 1 unspecified atom stereocenters. The first kappa shape index (κ1) is 16.0. The zero-order valence-electron chi connectivity index (χ0n) is 13.7. The standard InChI is InChI=1S/C16H25N5O2/c1-13(22)21-7-8-23-14(11-21)10-17-15-9-16(19-12-18-15)20-5-3-2-4-6-20/h9,12,14H,2-8,10-11H2,1H3,(H,17,18,19). The van der Waals surface area contributed by atoms with E-state index in [9.17, 15) is 4.79 Å². The number of hydrogen-bond donors (Lipinski definition) is 1. The maximum absolute atomic E-state index is 11.5. The molecular weight excluding hydrogens is 294 g/mol. The fourth-order valence-electron chi connectivity index (χ4n) is 3.09. The molecule has 7 nitrogen and oxygen atoms in total. The molecule has 2 fully saturated rings. The molecule has 1 aromatic heterocycles. The van der Waals surface area contributed by atoms with Crippen LogP contribution in [0, 0.1) is 0 Å². The summed E-state index contributed by atoms with van der Waals surface area (Å²) >= 11 is 0. The van der Waals surface area contributed by atoms with Crippen molar-refractivity contribution in [2.75, 3.05) is 49.5 Å². The van der Waals surface area contributed by atoms with E-state index in [0.29, 0.717) is 26.2 Å². The molecule has 1 N–H and O–H groups in total. The lowest BCUT2D eigenvalue weighted by Crippen LogP contribution is -2.47. The van der Waals surface area contributed by atoms with Crippen LogP contribution in [0.4, 0.5) is 11.6 Å². The lowest BCUT2D eigenvalue weighted by molar-refractivity contribution is -0.135. The van der Waals surface area contributed by atoms with Gasteiger partial charge in [0.1, 0.15) is 18.0 Å². The van der Waals surface area contributed by atoms with Crippen molar-refractivity contribution < 1.29 is 9.53 Å². The highest BCUT2D eigenvalue weighted by atomic mass is 16.5. The minimum absolute atomic E-state index is 0.000974. The minimum Gasteiger partial charge on any atom is -0.373 e. The van der Waals surface area contributed by atoms with Gasteiger partial charge in [-0.15, -0.1) is 0 Å². The van der Waals surface area contributed by atoms with E-state index in [0.717, 1.165) is 24.7 Å². The number of hydrogen-bond acceptors (Lipinski definition) is 6. The van der Waals surface area contributed by atoms with Crippen LogP contribution in [0.1, 0.15) is 26.2 Å². The van der Waals surface area contributed by atoms with Crippen LogP contribution in [-0.4, -0.2) is 66.2 Å². The molecule has 2 aliphatic heterocycles. The van der Waals surface area contributed by atoms with Crippen molar-refractivity contribution in [2.45, 2.75) is 32.3 Å². The second kappa shape index (κ2) is 7.59. The van der Waals surface area contributed by atoms with Crippen LogP contribution in [0.5, 0.6) is 0 Å². The summed E-state index contributed by atoms with van der Waals surface area (Å²) in [5, 5.41) is 3.31. The topological polar surface area (TPSA) is 70.6 Å². The van der Waals surface area contributed by atoms with Crippen molar-refractivity contribution in [1.82, 2.24) is 14.9 Å². The highest BCUT2D eigenvalue weighted by Crippen LogP contribution is 2.19. The van der Waals surface area contributed by atoms with Crippen LogP contribution in [-0.2, 0) is 9.53 Å². The number of piperidine rings is 1. The van der Waals surface area contributed by atoms with Gasteiger partial charge in [-0.2, -0.15) is 0 Å². The van der Waals surface area contributed by atoms with Crippen LogP contribution in [0.2, 0.25) is 0 Å². The van der Waals surface area contributed by atoms with Gasteiger partial charge in [0.15, 0.2) is 0 Å². The lowest BCUT2D eigenvalue weighted by Gasteiger charge is -2.32. The van der Waals surface area contributed by atoms with E-state index in [2.05, 4.69) is 20.2 Å². The van der Waals surface area contributed by atoms with Gasteiger partial charge in [0.2, 0.25) is 5.91 Å². The van der Waals surface area contributed by atoms with E-state index in [4.69, 9.17) is 4.74 Å². The minimum atomic E-state index is 0.000974. The average molecular weight is 319 g/mol. The van der Waals surface area contributed by atoms with Crippen molar-refractivity contribution in [1.29, 1.82) is 0 Å². The second-order valence-corrected chi connectivity index (χ2v) is 6.15. The van der Waals surface area contributed by atoms with E-state index in [1.54, 1.807) is 13.3 Å². The van der Waals surface area contributed by atoms with Gasteiger partial charge >= 0.3 is 0 Å². The molecule has 3 rings (SSSR count). The van der Waals surface area contributed by atoms with Gasteiger partial charge in [-0.05, 0) is 19.3 Å². The Hall–Kier alpha value is -1.89. The molecule has 0 aromatic carbocycles. The van der Waals surface area contributed by atoms with Crippen LogP contribution in [0.15, 0.2) is 12.4 Å². The van der Waals surface area contributed by atoms with E-state index in [1.165, 1.54) is 19.3 Å². The van der Waals surface area contributed by atoms with E-state index in [-0.39, 0.29) is 12.0 Å². The van der Waals surface area contributed by atoms with Gasteiger partial charge in [0.25, 0.3) is 0 Å². The van der Waals surface area contributed by atoms with Crippen molar-refractivity contribution in [2.24, 2.45) is 0 Å². The Morgan fingerprint density at radius 2 is 2.13 bits per heavy atom. The maximum Gasteiger partial charge on any atom is 0.219 e. The average Bonchev–Trinajstić information content (AvgIpc) is 2.61. The summed E-state index contributed by atoms with van der Waals surface area (Å²) in [6, 6.07) is 2.00. The number of rotatable bonds is 4. The first-order chi connectivity index (χ1) is 11.2. The Bertz CT molecular complexity index is 533. The predicted molar refractivity (Wildman–Crippen MR) is 88.6 cm³/mol. The van der Waals surface area contributed by atoms with Gasteiger partial charge in [-0.1, -0.05) is 0 Å². The molecule has 7 heteroatoms. The Balaban J connectivity index is 1.54. The van der Waals surface area contributed by atoms with Crippen molar-refractivity contribution in [3.05, 3.63) is 12.4 Å². The maximum atomic E-state index is 11.5. The second-order valence-electron chi connectivity index (χ2n) is 6.15. The molecule has 1 aromatic rings. The first-order valence-corrected chi connectivity index (χ1v) is 8.40. The fourth-order valence-corrected chi connectivity index (χ4v) is 3.09. The molecule has 3 heterocycles. The quantitative estimate of drug-likeness (QED) is 0.897.